The zero-order valence-electron chi connectivity index (χ0n) is 22.4. The zero-order chi connectivity index (χ0) is 26.9. The number of aromatic nitrogens is 7. The molecule has 2 aliphatic rings. The standard InChI is InChI=1S/C31H31N7O/c1-19(39)27-17-33-37(29(27)26-15-25(26)28-18-36(4)35-34-28)23-9-5-7-20(13-23)21-8-6-10-24(14-21)38-30-22(16-32-38)11-12-31(30,2)3/h5-10,13-14,16-18,25-26,39H,1,11-12,15H2,2-4H3. The number of benzene rings is 2. The summed E-state index contributed by atoms with van der Waals surface area (Å²) in [5, 5.41) is 28.2. The van der Waals surface area contributed by atoms with E-state index in [1.54, 1.807) is 10.9 Å². The molecular formula is C31H31N7O. The minimum atomic E-state index is 0.0274. The van der Waals surface area contributed by atoms with E-state index in [0.717, 1.165) is 53.2 Å². The van der Waals surface area contributed by atoms with Crippen LogP contribution in [-0.2, 0) is 18.9 Å². The van der Waals surface area contributed by atoms with E-state index in [-0.39, 0.29) is 23.0 Å². The van der Waals surface area contributed by atoms with Crippen LogP contribution in [0.1, 0.15) is 66.7 Å². The highest BCUT2D eigenvalue weighted by atomic mass is 16.3. The Bertz CT molecular complexity index is 1740. The minimum Gasteiger partial charge on any atom is -0.508 e. The van der Waals surface area contributed by atoms with Crippen LogP contribution in [0.2, 0.25) is 0 Å². The van der Waals surface area contributed by atoms with Gasteiger partial charge in [0.2, 0.25) is 0 Å². The molecule has 2 aromatic carbocycles. The lowest BCUT2D eigenvalue weighted by Crippen LogP contribution is -2.18. The number of nitrogens with zero attached hydrogens (tertiary/aromatic N) is 7. The molecule has 2 unspecified atom stereocenters. The number of rotatable bonds is 6. The Morgan fingerprint density at radius 1 is 0.974 bits per heavy atom. The van der Waals surface area contributed by atoms with Crippen molar-refractivity contribution in [1.29, 1.82) is 0 Å². The maximum absolute atomic E-state index is 10.4. The molecule has 0 spiro atoms. The maximum atomic E-state index is 10.4. The summed E-state index contributed by atoms with van der Waals surface area (Å²) in [6, 6.07) is 16.9. The second-order valence-electron chi connectivity index (χ2n) is 11.5. The number of aliphatic hydroxyl groups excluding tert-OH is 1. The molecule has 1 N–H and O–H groups in total. The van der Waals surface area contributed by atoms with Crippen molar-refractivity contribution in [2.24, 2.45) is 7.05 Å². The number of aliphatic hydroxyl groups is 1. The SMILES string of the molecule is C=C(O)c1cnn(-c2cccc(-c3cccc(-n4ncc5c4C(C)(C)CC5)c3)c2)c1C1CC1c1cn(C)nn1. The van der Waals surface area contributed by atoms with E-state index in [1.807, 2.05) is 24.1 Å². The van der Waals surface area contributed by atoms with Gasteiger partial charge in [-0.25, -0.2) is 9.36 Å². The van der Waals surface area contributed by atoms with Gasteiger partial charge in [-0.1, -0.05) is 49.9 Å². The van der Waals surface area contributed by atoms with Crippen LogP contribution in [0.4, 0.5) is 0 Å². The summed E-state index contributed by atoms with van der Waals surface area (Å²) in [5.41, 5.74) is 9.56. The van der Waals surface area contributed by atoms with E-state index in [0.29, 0.717) is 5.56 Å². The van der Waals surface area contributed by atoms with Gasteiger partial charge in [-0.15, -0.1) is 5.10 Å². The smallest absolute Gasteiger partial charge is 0.119 e. The first kappa shape index (κ1) is 23.6. The lowest BCUT2D eigenvalue weighted by atomic mass is 9.90. The van der Waals surface area contributed by atoms with Crippen LogP contribution in [0.25, 0.3) is 28.3 Å². The molecule has 8 nitrogen and oxygen atoms in total. The van der Waals surface area contributed by atoms with Gasteiger partial charge < -0.3 is 5.11 Å². The van der Waals surface area contributed by atoms with E-state index >= 15 is 0 Å². The summed E-state index contributed by atoms with van der Waals surface area (Å²) in [6.07, 6.45) is 8.85. The Morgan fingerprint density at radius 3 is 2.33 bits per heavy atom. The average Bonchev–Trinajstić information content (AvgIpc) is 3.30. The minimum absolute atomic E-state index is 0.0274. The fourth-order valence-corrected chi connectivity index (χ4v) is 6.18. The molecule has 1 saturated carbocycles. The Hall–Kier alpha value is -4.46. The number of hydrogen-bond donors (Lipinski definition) is 1. The summed E-state index contributed by atoms with van der Waals surface area (Å²) in [6.45, 7) is 8.40. The molecule has 8 heteroatoms. The Labute approximate surface area is 227 Å². The first-order valence-electron chi connectivity index (χ1n) is 13.4. The molecule has 0 bridgehead atoms. The van der Waals surface area contributed by atoms with Gasteiger partial charge in [0.1, 0.15) is 5.76 Å². The van der Waals surface area contributed by atoms with Crippen LogP contribution in [0, 0.1) is 0 Å². The first-order valence-corrected chi connectivity index (χ1v) is 13.4. The van der Waals surface area contributed by atoms with E-state index < -0.39 is 0 Å². The second kappa shape index (κ2) is 8.53. The molecule has 3 heterocycles. The molecule has 3 aromatic heterocycles. The van der Waals surface area contributed by atoms with Crippen molar-refractivity contribution < 1.29 is 5.11 Å². The van der Waals surface area contributed by atoms with Crippen molar-refractivity contribution in [3.63, 3.8) is 0 Å². The van der Waals surface area contributed by atoms with Crippen LogP contribution in [-0.4, -0.2) is 39.7 Å². The summed E-state index contributed by atoms with van der Waals surface area (Å²) >= 11 is 0. The van der Waals surface area contributed by atoms with Gasteiger partial charge in [0, 0.05) is 30.5 Å². The topological polar surface area (TPSA) is 86.6 Å². The highest BCUT2D eigenvalue weighted by Crippen LogP contribution is 2.55. The van der Waals surface area contributed by atoms with Gasteiger partial charge in [0.25, 0.3) is 0 Å². The van der Waals surface area contributed by atoms with Gasteiger partial charge in [-0.2, -0.15) is 10.2 Å². The summed E-state index contributed by atoms with van der Waals surface area (Å²) < 4.78 is 5.78. The summed E-state index contributed by atoms with van der Waals surface area (Å²) in [4.78, 5) is 0. The largest absolute Gasteiger partial charge is 0.508 e. The van der Waals surface area contributed by atoms with Crippen molar-refractivity contribution in [2.75, 3.05) is 0 Å². The number of aryl methyl sites for hydroxylation is 2. The Balaban J connectivity index is 1.26. The first-order chi connectivity index (χ1) is 18.8. The molecule has 0 aliphatic heterocycles. The maximum Gasteiger partial charge on any atom is 0.119 e. The van der Waals surface area contributed by atoms with Crippen molar-refractivity contribution in [1.82, 2.24) is 34.6 Å². The van der Waals surface area contributed by atoms with Crippen LogP contribution in [0.15, 0.2) is 73.7 Å². The Kier molecular flexibility index (Phi) is 5.17. The molecule has 0 saturated heterocycles. The van der Waals surface area contributed by atoms with E-state index in [1.165, 1.54) is 11.3 Å². The molecule has 196 valence electrons. The quantitative estimate of drug-likeness (QED) is 0.284. The van der Waals surface area contributed by atoms with E-state index in [2.05, 4.69) is 84.0 Å². The molecule has 0 radical (unpaired) electrons. The zero-order valence-corrected chi connectivity index (χ0v) is 22.4. The fourth-order valence-electron chi connectivity index (χ4n) is 6.18. The molecular weight excluding hydrogens is 486 g/mol. The predicted molar refractivity (Wildman–Crippen MR) is 150 cm³/mol. The van der Waals surface area contributed by atoms with Gasteiger partial charge in [-0.05, 0) is 60.2 Å². The predicted octanol–water partition coefficient (Wildman–Crippen LogP) is 5.88. The van der Waals surface area contributed by atoms with Crippen molar-refractivity contribution in [2.45, 2.75) is 50.4 Å². The second-order valence-corrected chi connectivity index (χ2v) is 11.5. The highest BCUT2D eigenvalue weighted by Gasteiger charge is 2.45. The molecule has 7 rings (SSSR count). The number of hydrogen-bond acceptors (Lipinski definition) is 5. The highest BCUT2D eigenvalue weighted by molar-refractivity contribution is 5.69. The van der Waals surface area contributed by atoms with Crippen LogP contribution < -0.4 is 0 Å². The fraction of sp³-hybridized carbons (Fsp3) is 0.290. The van der Waals surface area contributed by atoms with Crippen molar-refractivity contribution in [3.8, 4) is 22.5 Å². The summed E-state index contributed by atoms with van der Waals surface area (Å²) in [7, 11) is 1.88. The van der Waals surface area contributed by atoms with Gasteiger partial charge in [0.15, 0.2) is 0 Å². The molecule has 0 amide bonds. The van der Waals surface area contributed by atoms with Gasteiger partial charge in [-0.3, -0.25) is 4.68 Å². The molecule has 5 aromatic rings. The average molecular weight is 518 g/mol. The molecule has 2 aliphatic carbocycles. The molecule has 2 atom stereocenters. The van der Waals surface area contributed by atoms with Crippen molar-refractivity contribution in [3.05, 3.63) is 102 Å². The van der Waals surface area contributed by atoms with Crippen LogP contribution in [0.5, 0.6) is 0 Å². The number of fused-ring (bicyclic) bond motifs is 1. The lowest BCUT2D eigenvalue weighted by Gasteiger charge is -2.21. The monoisotopic (exact) mass is 517 g/mol. The third-order valence-corrected chi connectivity index (χ3v) is 8.28. The third-order valence-electron chi connectivity index (χ3n) is 8.28. The van der Waals surface area contributed by atoms with Crippen molar-refractivity contribution >= 4 is 5.76 Å². The van der Waals surface area contributed by atoms with E-state index in [9.17, 15) is 5.11 Å². The van der Waals surface area contributed by atoms with Crippen LogP contribution >= 0.6 is 0 Å². The van der Waals surface area contributed by atoms with Crippen LogP contribution in [0.3, 0.4) is 0 Å². The van der Waals surface area contributed by atoms with Gasteiger partial charge in [0.05, 0.1) is 46.4 Å². The summed E-state index contributed by atoms with van der Waals surface area (Å²) in [5.74, 6) is 0.451. The normalized spacial score (nSPS) is 19.3. The van der Waals surface area contributed by atoms with E-state index in [4.69, 9.17) is 10.2 Å². The third kappa shape index (κ3) is 3.90. The van der Waals surface area contributed by atoms with Gasteiger partial charge >= 0.3 is 0 Å². The lowest BCUT2D eigenvalue weighted by molar-refractivity contribution is 0.489. The molecule has 39 heavy (non-hydrogen) atoms. The molecule has 1 fully saturated rings. The Morgan fingerprint density at radius 2 is 1.67 bits per heavy atom.